The highest BCUT2D eigenvalue weighted by Crippen LogP contribution is 2.29. The van der Waals surface area contributed by atoms with Gasteiger partial charge in [-0.05, 0) is 73.7 Å². The van der Waals surface area contributed by atoms with Gasteiger partial charge < -0.3 is 5.32 Å². The molecule has 5 heteroatoms. The van der Waals surface area contributed by atoms with Crippen molar-refractivity contribution in [3.8, 4) is 0 Å². The minimum absolute atomic E-state index is 0.0365. The van der Waals surface area contributed by atoms with Crippen LogP contribution < -0.4 is 5.32 Å². The second-order valence-corrected chi connectivity index (χ2v) is 11.7. The quantitative estimate of drug-likeness (QED) is 0.754. The topological polar surface area (TPSA) is 49.4 Å². The summed E-state index contributed by atoms with van der Waals surface area (Å²) < 4.78 is 27.7. The molecule has 28 heavy (non-hydrogen) atoms. The lowest BCUT2D eigenvalue weighted by atomic mass is 9.87. The molecule has 0 amide bonds. The Morgan fingerprint density at radius 1 is 0.929 bits per heavy atom. The van der Waals surface area contributed by atoms with E-state index in [9.17, 15) is 8.42 Å². The molecule has 0 spiro atoms. The van der Waals surface area contributed by atoms with Crippen molar-refractivity contribution in [2.24, 2.45) is 11.8 Å². The maximum atomic E-state index is 13.0. The molecule has 2 aliphatic heterocycles. The maximum Gasteiger partial charge on any atom is 0.243 e. The van der Waals surface area contributed by atoms with E-state index >= 15 is 0 Å². The van der Waals surface area contributed by atoms with Crippen molar-refractivity contribution in [3.63, 3.8) is 0 Å². The predicted octanol–water partition coefficient (Wildman–Crippen LogP) is 4.55. The third-order valence-electron chi connectivity index (χ3n) is 6.62. The molecule has 1 aromatic rings. The molecule has 0 saturated carbocycles. The lowest BCUT2D eigenvalue weighted by Gasteiger charge is -2.32. The second kappa shape index (κ2) is 9.27. The van der Waals surface area contributed by atoms with Crippen LogP contribution in [0.5, 0.6) is 0 Å². The molecule has 1 aromatic carbocycles. The minimum Gasteiger partial charge on any atom is -0.317 e. The van der Waals surface area contributed by atoms with Crippen molar-refractivity contribution in [1.82, 2.24) is 9.62 Å². The number of rotatable bonds is 6. The summed E-state index contributed by atoms with van der Waals surface area (Å²) in [6.45, 7) is 10.1. The van der Waals surface area contributed by atoms with Gasteiger partial charge in [-0.2, -0.15) is 4.31 Å². The number of benzene rings is 1. The van der Waals surface area contributed by atoms with Crippen LogP contribution in [0.25, 0.3) is 0 Å². The standard InChI is InChI=1S/C23H38N2O2S/c1-23(2,3)21-7-9-22(10-8-21)28(26,27)25-17-13-20(14-18-25)6-4-5-19-11-15-24-16-12-19/h7-10,19-20,24H,4-6,11-18H2,1-3H3. The van der Waals surface area contributed by atoms with Crippen LogP contribution in [0.3, 0.4) is 0 Å². The zero-order chi connectivity index (χ0) is 20.2. The van der Waals surface area contributed by atoms with Gasteiger partial charge in [-0.25, -0.2) is 8.42 Å². The molecule has 2 aliphatic rings. The summed E-state index contributed by atoms with van der Waals surface area (Å²) >= 11 is 0. The van der Waals surface area contributed by atoms with Gasteiger partial charge in [-0.15, -0.1) is 0 Å². The molecule has 3 rings (SSSR count). The highest BCUT2D eigenvalue weighted by Gasteiger charge is 2.29. The first-order chi connectivity index (χ1) is 13.3. The third kappa shape index (κ3) is 5.58. The summed E-state index contributed by atoms with van der Waals surface area (Å²) in [4.78, 5) is 0.435. The Labute approximate surface area is 172 Å². The van der Waals surface area contributed by atoms with E-state index in [0.29, 0.717) is 23.9 Å². The van der Waals surface area contributed by atoms with Gasteiger partial charge in [0.2, 0.25) is 10.0 Å². The number of nitrogens with zero attached hydrogens (tertiary/aromatic N) is 1. The Morgan fingerprint density at radius 3 is 2.00 bits per heavy atom. The number of hydrogen-bond donors (Lipinski definition) is 1. The highest BCUT2D eigenvalue weighted by molar-refractivity contribution is 7.89. The van der Waals surface area contributed by atoms with Crippen LogP contribution in [-0.4, -0.2) is 38.9 Å². The molecular weight excluding hydrogens is 368 g/mol. The molecule has 0 unspecified atom stereocenters. The molecule has 158 valence electrons. The van der Waals surface area contributed by atoms with Gasteiger partial charge in [-0.3, -0.25) is 0 Å². The van der Waals surface area contributed by atoms with E-state index in [1.165, 1.54) is 50.8 Å². The van der Waals surface area contributed by atoms with Crippen LogP contribution in [-0.2, 0) is 15.4 Å². The summed E-state index contributed by atoms with van der Waals surface area (Å²) in [5, 5.41) is 3.43. The van der Waals surface area contributed by atoms with Crippen molar-refractivity contribution >= 4 is 10.0 Å². The summed E-state index contributed by atoms with van der Waals surface area (Å²) in [5.41, 5.74) is 1.20. The van der Waals surface area contributed by atoms with Gasteiger partial charge in [0.05, 0.1) is 4.90 Å². The van der Waals surface area contributed by atoms with E-state index in [1.54, 1.807) is 16.4 Å². The zero-order valence-electron chi connectivity index (χ0n) is 17.9. The molecule has 1 N–H and O–H groups in total. The molecule has 0 bridgehead atoms. The fourth-order valence-corrected chi connectivity index (χ4v) is 6.05. The minimum atomic E-state index is -3.36. The van der Waals surface area contributed by atoms with Crippen molar-refractivity contribution in [3.05, 3.63) is 29.8 Å². The second-order valence-electron chi connectivity index (χ2n) is 9.75. The Hall–Kier alpha value is -0.910. The zero-order valence-corrected chi connectivity index (χ0v) is 18.7. The summed E-state index contributed by atoms with van der Waals surface area (Å²) in [6, 6.07) is 7.48. The van der Waals surface area contributed by atoms with Crippen LogP contribution in [0, 0.1) is 11.8 Å². The van der Waals surface area contributed by atoms with E-state index in [2.05, 4.69) is 26.1 Å². The number of sulfonamides is 1. The Kier molecular flexibility index (Phi) is 7.21. The third-order valence-corrected chi connectivity index (χ3v) is 8.53. The number of nitrogens with one attached hydrogen (secondary N) is 1. The van der Waals surface area contributed by atoms with Gasteiger partial charge in [-0.1, -0.05) is 52.2 Å². The highest BCUT2D eigenvalue weighted by atomic mass is 32.2. The molecule has 2 fully saturated rings. The lowest BCUT2D eigenvalue weighted by molar-refractivity contribution is 0.250. The van der Waals surface area contributed by atoms with Crippen LogP contribution in [0.2, 0.25) is 0 Å². The first-order valence-electron chi connectivity index (χ1n) is 11.1. The number of piperidine rings is 2. The lowest BCUT2D eigenvalue weighted by Crippen LogP contribution is -2.38. The molecule has 2 saturated heterocycles. The van der Waals surface area contributed by atoms with E-state index in [0.717, 1.165) is 18.8 Å². The van der Waals surface area contributed by atoms with E-state index in [-0.39, 0.29) is 5.41 Å². The van der Waals surface area contributed by atoms with Gasteiger partial charge in [0.25, 0.3) is 0 Å². The maximum absolute atomic E-state index is 13.0. The summed E-state index contributed by atoms with van der Waals surface area (Å²) in [5.74, 6) is 1.59. The van der Waals surface area contributed by atoms with Gasteiger partial charge in [0.1, 0.15) is 0 Å². The van der Waals surface area contributed by atoms with Crippen molar-refractivity contribution in [1.29, 1.82) is 0 Å². The van der Waals surface area contributed by atoms with Crippen LogP contribution in [0.15, 0.2) is 29.2 Å². The van der Waals surface area contributed by atoms with Gasteiger partial charge in [0.15, 0.2) is 0 Å². The van der Waals surface area contributed by atoms with Crippen molar-refractivity contribution < 1.29 is 8.42 Å². The van der Waals surface area contributed by atoms with E-state index in [1.807, 2.05) is 12.1 Å². The van der Waals surface area contributed by atoms with Crippen LogP contribution in [0.1, 0.15) is 71.3 Å². The number of hydrogen-bond acceptors (Lipinski definition) is 3. The van der Waals surface area contributed by atoms with Gasteiger partial charge >= 0.3 is 0 Å². The molecule has 4 nitrogen and oxygen atoms in total. The van der Waals surface area contributed by atoms with Crippen molar-refractivity contribution in [2.75, 3.05) is 26.2 Å². The average Bonchev–Trinajstić information content (AvgIpc) is 2.69. The average molecular weight is 407 g/mol. The van der Waals surface area contributed by atoms with Crippen molar-refractivity contribution in [2.45, 2.75) is 76.0 Å². The first kappa shape index (κ1) is 21.8. The van der Waals surface area contributed by atoms with Crippen LogP contribution in [0.4, 0.5) is 0 Å². The fraction of sp³-hybridized carbons (Fsp3) is 0.739. The molecular formula is C23H38N2O2S. The Morgan fingerprint density at radius 2 is 1.46 bits per heavy atom. The monoisotopic (exact) mass is 406 g/mol. The Bertz CT molecular complexity index is 708. The summed E-state index contributed by atoms with van der Waals surface area (Å²) in [6.07, 6.45) is 8.57. The van der Waals surface area contributed by atoms with Crippen LogP contribution >= 0.6 is 0 Å². The summed E-state index contributed by atoms with van der Waals surface area (Å²) in [7, 11) is -3.36. The largest absolute Gasteiger partial charge is 0.317 e. The van der Waals surface area contributed by atoms with E-state index < -0.39 is 10.0 Å². The Balaban J connectivity index is 1.48. The normalized spacial score (nSPS) is 21.1. The first-order valence-corrected chi connectivity index (χ1v) is 12.5. The SMILES string of the molecule is CC(C)(C)c1ccc(S(=O)(=O)N2CCC(CCCC3CCNCC3)CC2)cc1. The van der Waals surface area contributed by atoms with E-state index in [4.69, 9.17) is 0 Å². The molecule has 0 aliphatic carbocycles. The molecule has 0 aromatic heterocycles. The molecule has 0 atom stereocenters. The predicted molar refractivity (Wildman–Crippen MR) is 116 cm³/mol. The van der Waals surface area contributed by atoms with Gasteiger partial charge in [0, 0.05) is 13.1 Å². The fourth-order valence-electron chi connectivity index (χ4n) is 4.58. The molecule has 0 radical (unpaired) electrons. The smallest absolute Gasteiger partial charge is 0.243 e. The molecule has 2 heterocycles.